The van der Waals surface area contributed by atoms with Crippen molar-refractivity contribution in [3.8, 4) is 0 Å². The molecule has 2 aromatic rings. The summed E-state index contributed by atoms with van der Waals surface area (Å²) in [5.74, 6) is 0.570. The molecule has 0 saturated heterocycles. The lowest BCUT2D eigenvalue weighted by Crippen LogP contribution is -1.94. The molecule has 0 bridgehead atoms. The summed E-state index contributed by atoms with van der Waals surface area (Å²) in [6, 6.07) is 15.1. The van der Waals surface area contributed by atoms with Crippen LogP contribution in [0, 0.1) is 0 Å². The predicted octanol–water partition coefficient (Wildman–Crippen LogP) is 4.34. The molecule has 0 fully saturated rings. The van der Waals surface area contributed by atoms with Crippen LogP contribution >= 0.6 is 15.9 Å². The van der Waals surface area contributed by atoms with Gasteiger partial charge in [0.15, 0.2) is 0 Å². The zero-order chi connectivity index (χ0) is 9.97. The van der Waals surface area contributed by atoms with E-state index in [2.05, 4.69) is 65.3 Å². The lowest BCUT2D eigenvalue weighted by molar-refractivity contribution is 0.898. The number of halogens is 1. The molecule has 0 saturated carbocycles. The van der Waals surface area contributed by atoms with Gasteiger partial charge in [-0.1, -0.05) is 65.3 Å². The van der Waals surface area contributed by atoms with Crippen molar-refractivity contribution in [2.75, 3.05) is 5.33 Å². The first-order valence-electron chi connectivity index (χ1n) is 4.86. The molecule has 0 aliphatic rings. The molecule has 0 spiro atoms. The minimum atomic E-state index is 0.570. The van der Waals surface area contributed by atoms with Crippen molar-refractivity contribution in [2.45, 2.75) is 12.8 Å². The van der Waals surface area contributed by atoms with Crippen LogP contribution in [-0.4, -0.2) is 5.33 Å². The fraction of sp³-hybridized carbons (Fsp3) is 0.231. The summed E-state index contributed by atoms with van der Waals surface area (Å²) in [6.45, 7) is 2.25. The van der Waals surface area contributed by atoms with Crippen LogP contribution in [0.3, 0.4) is 0 Å². The summed E-state index contributed by atoms with van der Waals surface area (Å²) in [5.41, 5.74) is 1.43. The Hall–Kier alpha value is -0.820. The van der Waals surface area contributed by atoms with Crippen LogP contribution in [0.25, 0.3) is 10.8 Å². The zero-order valence-corrected chi connectivity index (χ0v) is 9.79. The highest BCUT2D eigenvalue weighted by Gasteiger charge is 2.06. The number of rotatable bonds is 2. The van der Waals surface area contributed by atoms with Gasteiger partial charge in [0.05, 0.1) is 0 Å². The summed E-state index contributed by atoms with van der Waals surface area (Å²) < 4.78 is 0. The van der Waals surface area contributed by atoms with Gasteiger partial charge in [0.1, 0.15) is 0 Å². The van der Waals surface area contributed by atoms with Crippen LogP contribution in [0.15, 0.2) is 42.5 Å². The molecular formula is C13H13Br. The maximum atomic E-state index is 3.54. The summed E-state index contributed by atoms with van der Waals surface area (Å²) in [6.07, 6.45) is 0. The third kappa shape index (κ3) is 1.69. The Kier molecular flexibility index (Phi) is 2.87. The van der Waals surface area contributed by atoms with E-state index < -0.39 is 0 Å². The molecule has 2 aromatic carbocycles. The van der Waals surface area contributed by atoms with Crippen molar-refractivity contribution >= 4 is 26.7 Å². The van der Waals surface area contributed by atoms with E-state index in [0.29, 0.717) is 5.92 Å². The smallest absolute Gasteiger partial charge is 0.00978 e. The fourth-order valence-electron chi connectivity index (χ4n) is 1.76. The average molecular weight is 249 g/mol. The van der Waals surface area contributed by atoms with Gasteiger partial charge in [0.2, 0.25) is 0 Å². The summed E-state index contributed by atoms with van der Waals surface area (Å²) in [7, 11) is 0. The molecule has 72 valence electrons. The molecule has 1 atom stereocenters. The molecule has 0 aromatic heterocycles. The van der Waals surface area contributed by atoms with Gasteiger partial charge in [-0.2, -0.15) is 0 Å². The molecule has 0 amide bonds. The Morgan fingerprint density at radius 3 is 2.57 bits per heavy atom. The Morgan fingerprint density at radius 1 is 1.07 bits per heavy atom. The molecule has 14 heavy (non-hydrogen) atoms. The van der Waals surface area contributed by atoms with E-state index in [1.165, 1.54) is 16.3 Å². The van der Waals surface area contributed by atoms with Crippen LogP contribution in [-0.2, 0) is 0 Å². The Morgan fingerprint density at radius 2 is 1.79 bits per heavy atom. The van der Waals surface area contributed by atoms with Gasteiger partial charge in [0, 0.05) is 5.33 Å². The second-order valence-corrected chi connectivity index (χ2v) is 4.27. The average Bonchev–Trinajstić information content (AvgIpc) is 2.27. The molecule has 1 heteroatoms. The summed E-state index contributed by atoms with van der Waals surface area (Å²) >= 11 is 3.54. The van der Waals surface area contributed by atoms with Crippen molar-refractivity contribution in [2.24, 2.45) is 0 Å². The normalized spacial score (nSPS) is 13.0. The van der Waals surface area contributed by atoms with Crippen molar-refractivity contribution in [1.82, 2.24) is 0 Å². The summed E-state index contributed by atoms with van der Waals surface area (Å²) in [5, 5.41) is 3.72. The van der Waals surface area contributed by atoms with E-state index in [1.54, 1.807) is 0 Å². The van der Waals surface area contributed by atoms with Crippen LogP contribution < -0.4 is 0 Å². The fourth-order valence-corrected chi connectivity index (χ4v) is 2.11. The third-order valence-electron chi connectivity index (χ3n) is 2.59. The van der Waals surface area contributed by atoms with Gasteiger partial charge >= 0.3 is 0 Å². The minimum Gasteiger partial charge on any atom is -0.0922 e. The number of alkyl halides is 1. The lowest BCUT2D eigenvalue weighted by atomic mass is 9.96. The number of benzene rings is 2. The number of hydrogen-bond acceptors (Lipinski definition) is 0. The zero-order valence-electron chi connectivity index (χ0n) is 8.20. The van der Waals surface area contributed by atoms with Crippen LogP contribution in [0.1, 0.15) is 18.4 Å². The minimum absolute atomic E-state index is 0.570. The monoisotopic (exact) mass is 248 g/mol. The van der Waals surface area contributed by atoms with Crippen molar-refractivity contribution in [1.29, 1.82) is 0 Å². The maximum absolute atomic E-state index is 3.54. The van der Waals surface area contributed by atoms with E-state index in [-0.39, 0.29) is 0 Å². The maximum Gasteiger partial charge on any atom is 0.00978 e. The van der Waals surface area contributed by atoms with Gasteiger partial charge in [-0.3, -0.25) is 0 Å². The van der Waals surface area contributed by atoms with E-state index >= 15 is 0 Å². The Bertz CT molecular complexity index is 429. The second-order valence-electron chi connectivity index (χ2n) is 3.62. The quantitative estimate of drug-likeness (QED) is 0.694. The highest BCUT2D eigenvalue weighted by molar-refractivity contribution is 9.09. The first-order valence-corrected chi connectivity index (χ1v) is 5.98. The molecule has 0 nitrogen and oxygen atoms in total. The van der Waals surface area contributed by atoms with E-state index in [1.807, 2.05) is 0 Å². The van der Waals surface area contributed by atoms with Crippen molar-refractivity contribution in [3.63, 3.8) is 0 Å². The second kappa shape index (κ2) is 4.14. The molecule has 0 aliphatic heterocycles. The predicted molar refractivity (Wildman–Crippen MR) is 66.2 cm³/mol. The summed E-state index contributed by atoms with van der Waals surface area (Å²) in [4.78, 5) is 0. The molecule has 0 radical (unpaired) electrons. The molecule has 2 rings (SSSR count). The number of hydrogen-bond donors (Lipinski definition) is 0. The van der Waals surface area contributed by atoms with Gasteiger partial charge in [-0.15, -0.1) is 0 Å². The van der Waals surface area contributed by atoms with Gasteiger partial charge in [-0.25, -0.2) is 0 Å². The van der Waals surface area contributed by atoms with Crippen LogP contribution in [0.2, 0.25) is 0 Å². The van der Waals surface area contributed by atoms with Gasteiger partial charge in [-0.05, 0) is 22.3 Å². The van der Waals surface area contributed by atoms with Crippen LogP contribution in [0.4, 0.5) is 0 Å². The topological polar surface area (TPSA) is 0 Å². The van der Waals surface area contributed by atoms with Crippen molar-refractivity contribution in [3.05, 3.63) is 48.0 Å². The first kappa shape index (κ1) is 9.72. The highest BCUT2D eigenvalue weighted by atomic mass is 79.9. The molecule has 0 unspecified atom stereocenters. The lowest BCUT2D eigenvalue weighted by Gasteiger charge is -2.11. The molecule has 0 heterocycles. The van der Waals surface area contributed by atoms with E-state index in [0.717, 1.165) is 5.33 Å². The van der Waals surface area contributed by atoms with E-state index in [4.69, 9.17) is 0 Å². The Balaban J connectivity index is 2.65. The van der Waals surface area contributed by atoms with Gasteiger partial charge in [0.25, 0.3) is 0 Å². The Labute approximate surface area is 93.1 Å². The third-order valence-corrected chi connectivity index (χ3v) is 3.56. The number of fused-ring (bicyclic) bond motifs is 1. The van der Waals surface area contributed by atoms with Crippen molar-refractivity contribution < 1.29 is 0 Å². The molecular weight excluding hydrogens is 236 g/mol. The van der Waals surface area contributed by atoms with Crippen LogP contribution in [0.5, 0.6) is 0 Å². The molecule has 0 N–H and O–H groups in total. The largest absolute Gasteiger partial charge is 0.0922 e. The van der Waals surface area contributed by atoms with Gasteiger partial charge < -0.3 is 0 Å². The first-order chi connectivity index (χ1) is 6.83. The SMILES string of the molecule is C[C@@H](CBr)c1cccc2ccccc12. The standard InChI is InChI=1S/C13H13Br/c1-10(9-14)12-8-4-6-11-5-2-3-7-13(11)12/h2-8,10H,9H2,1H3/t10-/m0/s1. The molecule has 0 aliphatic carbocycles. The van der Waals surface area contributed by atoms with E-state index in [9.17, 15) is 0 Å². The highest BCUT2D eigenvalue weighted by Crippen LogP contribution is 2.26.